The van der Waals surface area contributed by atoms with E-state index in [4.69, 9.17) is 0 Å². The molecule has 26 heavy (non-hydrogen) atoms. The van der Waals surface area contributed by atoms with Gasteiger partial charge in [-0.2, -0.15) is 0 Å². The average molecular weight is 341 g/mol. The number of allylic oxidation sites excluding steroid dienone is 1. The smallest absolute Gasteiger partial charge is 0.0513 e. The molecule has 1 aromatic heterocycles. The van der Waals surface area contributed by atoms with Crippen LogP contribution in [0.15, 0.2) is 72.9 Å². The monoisotopic (exact) mass is 341 g/mol. The molecule has 0 saturated heterocycles. The number of nitrogens with zero attached hydrogens (tertiary/aromatic N) is 1. The molecule has 2 aliphatic rings. The van der Waals surface area contributed by atoms with Crippen LogP contribution in [0.3, 0.4) is 0 Å². The maximum Gasteiger partial charge on any atom is 0.0513 e. The SMILES string of the molecule is C1=Cc2cccnc2C1.CC.CC1(C)c2ccccc2-c2ccccc21. The summed E-state index contributed by atoms with van der Waals surface area (Å²) in [5, 5.41) is 0. The van der Waals surface area contributed by atoms with Crippen LogP contribution in [-0.2, 0) is 11.8 Å². The first-order valence-corrected chi connectivity index (χ1v) is 9.48. The Labute approximate surface area is 157 Å². The van der Waals surface area contributed by atoms with Gasteiger partial charge in [-0.1, -0.05) is 94.4 Å². The van der Waals surface area contributed by atoms with E-state index in [1.807, 2.05) is 26.1 Å². The van der Waals surface area contributed by atoms with E-state index in [-0.39, 0.29) is 5.41 Å². The summed E-state index contributed by atoms with van der Waals surface area (Å²) >= 11 is 0. The third-order valence-corrected chi connectivity index (χ3v) is 5.03. The topological polar surface area (TPSA) is 12.9 Å². The molecule has 0 fully saturated rings. The third-order valence-electron chi connectivity index (χ3n) is 5.03. The molecule has 0 bridgehead atoms. The van der Waals surface area contributed by atoms with Crippen LogP contribution in [0.5, 0.6) is 0 Å². The predicted octanol–water partition coefficient (Wildman–Crippen LogP) is 6.67. The van der Waals surface area contributed by atoms with Gasteiger partial charge < -0.3 is 0 Å². The van der Waals surface area contributed by atoms with Crippen molar-refractivity contribution in [2.75, 3.05) is 0 Å². The number of aromatic nitrogens is 1. The molecule has 132 valence electrons. The van der Waals surface area contributed by atoms with Gasteiger partial charge in [0.1, 0.15) is 0 Å². The molecular weight excluding hydrogens is 314 g/mol. The Balaban J connectivity index is 0.000000152. The number of benzene rings is 2. The van der Waals surface area contributed by atoms with Gasteiger partial charge in [-0.15, -0.1) is 0 Å². The minimum Gasteiger partial charge on any atom is -0.260 e. The van der Waals surface area contributed by atoms with Gasteiger partial charge in [-0.25, -0.2) is 0 Å². The van der Waals surface area contributed by atoms with Crippen LogP contribution in [0.25, 0.3) is 17.2 Å². The van der Waals surface area contributed by atoms with Crippen molar-refractivity contribution in [2.24, 2.45) is 0 Å². The lowest BCUT2D eigenvalue weighted by atomic mass is 9.82. The molecule has 0 saturated carbocycles. The van der Waals surface area contributed by atoms with Crippen molar-refractivity contribution in [2.45, 2.75) is 39.5 Å². The fourth-order valence-electron chi connectivity index (χ4n) is 3.74. The largest absolute Gasteiger partial charge is 0.260 e. The summed E-state index contributed by atoms with van der Waals surface area (Å²) in [5.74, 6) is 0. The quantitative estimate of drug-likeness (QED) is 0.445. The van der Waals surface area contributed by atoms with Gasteiger partial charge in [-0.05, 0) is 33.9 Å². The van der Waals surface area contributed by atoms with E-state index in [9.17, 15) is 0 Å². The maximum atomic E-state index is 4.20. The number of hydrogen-bond acceptors (Lipinski definition) is 1. The second kappa shape index (κ2) is 7.70. The van der Waals surface area contributed by atoms with E-state index in [0.29, 0.717) is 0 Å². The average Bonchev–Trinajstić information content (AvgIpc) is 3.26. The van der Waals surface area contributed by atoms with Crippen molar-refractivity contribution in [3.63, 3.8) is 0 Å². The van der Waals surface area contributed by atoms with Crippen molar-refractivity contribution in [1.82, 2.24) is 4.98 Å². The fraction of sp³-hybridized carbons (Fsp3) is 0.240. The highest BCUT2D eigenvalue weighted by Gasteiger charge is 2.34. The lowest BCUT2D eigenvalue weighted by molar-refractivity contribution is 0.660. The first kappa shape index (κ1) is 18.1. The van der Waals surface area contributed by atoms with Gasteiger partial charge in [0.25, 0.3) is 0 Å². The zero-order valence-corrected chi connectivity index (χ0v) is 16.2. The molecule has 3 aromatic rings. The minimum absolute atomic E-state index is 0.160. The van der Waals surface area contributed by atoms with Crippen LogP contribution in [0.2, 0.25) is 0 Å². The fourth-order valence-corrected chi connectivity index (χ4v) is 3.74. The van der Waals surface area contributed by atoms with Gasteiger partial charge >= 0.3 is 0 Å². The molecule has 0 aliphatic heterocycles. The lowest BCUT2D eigenvalue weighted by Crippen LogP contribution is -2.14. The Morgan fingerprint density at radius 1 is 0.769 bits per heavy atom. The molecular formula is C25H27N. The number of hydrogen-bond donors (Lipinski definition) is 0. The summed E-state index contributed by atoms with van der Waals surface area (Å²) in [6.45, 7) is 8.61. The number of pyridine rings is 1. The Morgan fingerprint density at radius 3 is 1.92 bits per heavy atom. The second-order valence-corrected chi connectivity index (χ2v) is 6.86. The summed E-state index contributed by atoms with van der Waals surface area (Å²) in [4.78, 5) is 4.20. The molecule has 0 unspecified atom stereocenters. The zero-order chi connectivity index (χ0) is 18.6. The van der Waals surface area contributed by atoms with Crippen molar-refractivity contribution in [3.8, 4) is 11.1 Å². The normalized spacial score (nSPS) is 14.2. The standard InChI is InChI=1S/C15H14.C8H7N.C2H6/c1-15(2)13-9-5-3-7-11(13)12-8-4-6-10-14(12)15;1-3-7-4-2-6-9-8(7)5-1;1-2/h3-10H,1-2H3;1-4,6H,5H2;1-2H3. The molecule has 1 heterocycles. The lowest BCUT2D eigenvalue weighted by Gasteiger charge is -2.20. The van der Waals surface area contributed by atoms with Crippen molar-refractivity contribution in [3.05, 3.63) is 95.3 Å². The number of fused-ring (bicyclic) bond motifs is 4. The van der Waals surface area contributed by atoms with E-state index < -0.39 is 0 Å². The molecule has 0 amide bonds. The summed E-state index contributed by atoms with van der Waals surface area (Å²) in [7, 11) is 0. The van der Waals surface area contributed by atoms with Gasteiger partial charge in [-0.3, -0.25) is 4.98 Å². The molecule has 5 rings (SSSR count). The minimum atomic E-state index is 0.160. The first-order valence-electron chi connectivity index (χ1n) is 9.48. The molecule has 2 aliphatic carbocycles. The number of rotatable bonds is 0. The summed E-state index contributed by atoms with van der Waals surface area (Å²) < 4.78 is 0. The summed E-state index contributed by atoms with van der Waals surface area (Å²) in [5.41, 5.74) is 8.34. The third kappa shape index (κ3) is 3.22. The van der Waals surface area contributed by atoms with Crippen LogP contribution >= 0.6 is 0 Å². The van der Waals surface area contributed by atoms with E-state index in [2.05, 4.69) is 85.6 Å². The van der Waals surface area contributed by atoms with Crippen LogP contribution in [0.1, 0.15) is 50.1 Å². The molecule has 1 nitrogen and oxygen atoms in total. The van der Waals surface area contributed by atoms with Crippen molar-refractivity contribution in [1.29, 1.82) is 0 Å². The molecule has 2 aromatic carbocycles. The van der Waals surface area contributed by atoms with Crippen LogP contribution in [0, 0.1) is 0 Å². The Morgan fingerprint density at radius 2 is 1.35 bits per heavy atom. The van der Waals surface area contributed by atoms with Crippen LogP contribution in [-0.4, -0.2) is 4.98 Å². The van der Waals surface area contributed by atoms with E-state index in [0.717, 1.165) is 6.42 Å². The highest BCUT2D eigenvalue weighted by molar-refractivity contribution is 5.80. The Bertz CT molecular complexity index is 871. The predicted molar refractivity (Wildman–Crippen MR) is 112 cm³/mol. The van der Waals surface area contributed by atoms with E-state index >= 15 is 0 Å². The summed E-state index contributed by atoms with van der Waals surface area (Å²) in [6, 6.07) is 21.5. The van der Waals surface area contributed by atoms with Gasteiger partial charge in [0.05, 0.1) is 5.69 Å². The Hall–Kier alpha value is -2.67. The molecule has 0 spiro atoms. The van der Waals surface area contributed by atoms with Gasteiger partial charge in [0.15, 0.2) is 0 Å². The second-order valence-electron chi connectivity index (χ2n) is 6.86. The highest BCUT2D eigenvalue weighted by Crippen LogP contribution is 2.47. The van der Waals surface area contributed by atoms with Crippen LogP contribution in [0.4, 0.5) is 0 Å². The van der Waals surface area contributed by atoms with Gasteiger partial charge in [0.2, 0.25) is 0 Å². The Kier molecular flexibility index (Phi) is 5.37. The van der Waals surface area contributed by atoms with E-state index in [1.54, 1.807) is 0 Å². The van der Waals surface area contributed by atoms with E-state index in [1.165, 1.54) is 33.5 Å². The molecule has 1 heteroatoms. The first-order chi connectivity index (χ1) is 12.7. The summed E-state index contributed by atoms with van der Waals surface area (Å²) in [6.07, 6.45) is 7.10. The zero-order valence-electron chi connectivity index (χ0n) is 16.2. The highest BCUT2D eigenvalue weighted by atomic mass is 14.7. The maximum absolute atomic E-state index is 4.20. The van der Waals surface area contributed by atoms with Crippen molar-refractivity contribution >= 4 is 6.08 Å². The molecule has 0 atom stereocenters. The van der Waals surface area contributed by atoms with Gasteiger partial charge in [0, 0.05) is 18.0 Å². The van der Waals surface area contributed by atoms with Crippen LogP contribution < -0.4 is 0 Å². The molecule has 0 radical (unpaired) electrons. The van der Waals surface area contributed by atoms with Crippen molar-refractivity contribution < 1.29 is 0 Å². The molecule has 0 N–H and O–H groups in total.